The second-order valence-electron chi connectivity index (χ2n) is 4.81. The fraction of sp³-hybridized carbons (Fsp3) is 0.455. The van der Waals surface area contributed by atoms with Gasteiger partial charge in [-0.25, -0.2) is 0 Å². The van der Waals surface area contributed by atoms with E-state index in [9.17, 15) is 8.42 Å². The monoisotopic (exact) mass is 256 g/mol. The molecule has 0 amide bonds. The minimum absolute atomic E-state index is 0.0869. The highest BCUT2D eigenvalue weighted by molar-refractivity contribution is 8.54. The van der Waals surface area contributed by atoms with Crippen LogP contribution < -0.4 is 0 Å². The summed E-state index contributed by atoms with van der Waals surface area (Å²) in [6.45, 7) is 1.94. The molecule has 0 bridgehead atoms. The van der Waals surface area contributed by atoms with Crippen molar-refractivity contribution in [3.8, 4) is 0 Å². The molecule has 3 saturated heterocycles. The van der Waals surface area contributed by atoms with Crippen LogP contribution in [0.15, 0.2) is 29.2 Å². The van der Waals surface area contributed by atoms with Crippen molar-refractivity contribution in [2.45, 2.75) is 27.8 Å². The molecule has 3 aliphatic heterocycles. The summed E-state index contributed by atoms with van der Waals surface area (Å²) < 4.78 is 29.1. The number of fused-ring (bicyclic) bond motifs is 1. The molecule has 1 aromatic carbocycles. The fourth-order valence-corrected chi connectivity index (χ4v) is 8.66. The topological polar surface area (TPSA) is 43.4 Å². The average Bonchev–Trinajstić information content (AvgIpc) is 3.08. The van der Waals surface area contributed by atoms with E-state index in [4.69, 9.17) is 4.18 Å². The Morgan fingerprint density at radius 1 is 1.31 bits per heavy atom. The maximum absolute atomic E-state index is 11.9. The van der Waals surface area contributed by atoms with E-state index < -0.39 is 20.1 Å². The van der Waals surface area contributed by atoms with Crippen molar-refractivity contribution < 1.29 is 12.6 Å². The Labute approximate surface area is 96.2 Å². The molecule has 0 aliphatic carbocycles. The van der Waals surface area contributed by atoms with Gasteiger partial charge in [0.2, 0.25) is 0 Å². The molecule has 0 saturated carbocycles. The molecule has 5 heteroatoms. The molecule has 4 unspecified atom stereocenters. The van der Waals surface area contributed by atoms with Gasteiger partial charge in [-0.3, -0.25) is 4.18 Å². The summed E-state index contributed by atoms with van der Waals surface area (Å²) in [6, 6.07) is 6.84. The van der Waals surface area contributed by atoms with Crippen LogP contribution in [-0.2, 0) is 14.3 Å². The van der Waals surface area contributed by atoms with E-state index >= 15 is 0 Å². The Morgan fingerprint density at radius 3 is 2.44 bits per heavy atom. The van der Waals surface area contributed by atoms with Crippen molar-refractivity contribution >= 4 is 20.1 Å². The molecule has 3 aliphatic rings. The summed E-state index contributed by atoms with van der Waals surface area (Å²) >= 11 is 0. The van der Waals surface area contributed by atoms with Gasteiger partial charge < -0.3 is 0 Å². The molecular formula is C11H12O3S2. The summed E-state index contributed by atoms with van der Waals surface area (Å²) in [5, 5.41) is 1.55. The molecule has 3 heterocycles. The highest BCUT2D eigenvalue weighted by Gasteiger charge is 2.96. The van der Waals surface area contributed by atoms with Crippen LogP contribution >= 0.6 is 10.0 Å². The zero-order valence-electron chi connectivity index (χ0n) is 8.79. The number of hydrogen-bond donors (Lipinski definition) is 0. The smallest absolute Gasteiger partial charge is 0.252 e. The van der Waals surface area contributed by atoms with Crippen molar-refractivity contribution in [3.63, 3.8) is 0 Å². The molecule has 86 valence electrons. The molecule has 1 aromatic rings. The third-order valence-electron chi connectivity index (χ3n) is 3.85. The Morgan fingerprint density at radius 2 is 1.94 bits per heavy atom. The standard InChI is InChI=1S/C11H12O3S2/c1-7-2-4-8(5-3-7)16(12,13)14-11-10-9-6-15(9,10)11/h2-5,9-11H,6H2,1H3. The molecule has 0 N–H and O–H groups in total. The molecule has 0 radical (unpaired) electrons. The van der Waals surface area contributed by atoms with Gasteiger partial charge in [-0.15, -0.1) is 0 Å². The van der Waals surface area contributed by atoms with Crippen LogP contribution in [-0.4, -0.2) is 30.1 Å². The normalized spacial score (nSPS) is 46.2. The maximum Gasteiger partial charge on any atom is 0.298 e. The first-order chi connectivity index (χ1) is 7.56. The van der Waals surface area contributed by atoms with E-state index in [2.05, 4.69) is 0 Å². The first-order valence-electron chi connectivity index (χ1n) is 5.33. The molecule has 4 rings (SSSR count). The third kappa shape index (κ3) is 1.02. The summed E-state index contributed by atoms with van der Waals surface area (Å²) in [7, 11) is -3.98. The van der Waals surface area contributed by atoms with E-state index in [0.717, 1.165) is 10.8 Å². The van der Waals surface area contributed by atoms with Crippen molar-refractivity contribution in [3.05, 3.63) is 29.8 Å². The lowest BCUT2D eigenvalue weighted by atomic mass is 10.2. The molecule has 4 atom stereocenters. The summed E-state index contributed by atoms with van der Waals surface area (Å²) in [5.74, 6) is 1.27. The summed E-state index contributed by atoms with van der Waals surface area (Å²) in [4.78, 5) is 0.289. The van der Waals surface area contributed by atoms with Gasteiger partial charge in [0.25, 0.3) is 10.1 Å². The van der Waals surface area contributed by atoms with Crippen LogP contribution in [0.25, 0.3) is 0 Å². The quantitative estimate of drug-likeness (QED) is 0.609. The SMILES string of the molecule is Cc1ccc(S(=O)(=O)OC2C3C4CS423)cc1. The van der Waals surface area contributed by atoms with Crippen LogP contribution in [0, 0.1) is 6.92 Å². The first kappa shape index (κ1) is 9.50. The van der Waals surface area contributed by atoms with Gasteiger partial charge in [0.15, 0.2) is 0 Å². The largest absolute Gasteiger partial charge is 0.298 e. The predicted molar refractivity (Wildman–Crippen MR) is 63.3 cm³/mol. The highest BCUT2D eigenvalue weighted by Crippen LogP contribution is 3.08. The Balaban J connectivity index is 1.58. The van der Waals surface area contributed by atoms with E-state index in [0.29, 0.717) is 5.25 Å². The van der Waals surface area contributed by atoms with Crippen molar-refractivity contribution in [1.82, 2.24) is 0 Å². The van der Waals surface area contributed by atoms with Crippen molar-refractivity contribution in [2.75, 3.05) is 5.75 Å². The zero-order chi connectivity index (χ0) is 11.1. The average molecular weight is 256 g/mol. The van der Waals surface area contributed by atoms with Gasteiger partial charge in [-0.2, -0.15) is 18.4 Å². The zero-order valence-corrected chi connectivity index (χ0v) is 10.4. The summed E-state index contributed by atoms with van der Waals surface area (Å²) in [6.07, 6.45) is 0. The number of rotatable bonds is 3. The highest BCUT2D eigenvalue weighted by atomic mass is 32.3. The predicted octanol–water partition coefficient (Wildman–Crippen LogP) is 1.61. The molecular weight excluding hydrogens is 244 g/mol. The lowest BCUT2D eigenvalue weighted by molar-refractivity contribution is 0.313. The van der Waals surface area contributed by atoms with Crippen LogP contribution in [0.2, 0.25) is 0 Å². The summed E-state index contributed by atoms with van der Waals surface area (Å²) in [5.41, 5.74) is 1.14. The molecule has 1 spiro atoms. The van der Waals surface area contributed by atoms with Gasteiger partial charge in [0.1, 0.15) is 5.44 Å². The third-order valence-corrected chi connectivity index (χ3v) is 9.60. The number of aryl methyl sites for hydroxylation is 1. The fourth-order valence-electron chi connectivity index (χ4n) is 2.50. The van der Waals surface area contributed by atoms with E-state index in [1.807, 2.05) is 6.92 Å². The second kappa shape index (κ2) is 2.49. The van der Waals surface area contributed by atoms with Gasteiger partial charge >= 0.3 is 0 Å². The van der Waals surface area contributed by atoms with Crippen molar-refractivity contribution in [2.24, 2.45) is 0 Å². The Kier molecular flexibility index (Phi) is 1.48. The minimum atomic E-state index is -3.51. The molecule has 3 fully saturated rings. The lowest BCUT2D eigenvalue weighted by Crippen LogP contribution is -2.13. The van der Waals surface area contributed by atoms with Crippen LogP contribution in [0.1, 0.15) is 5.56 Å². The van der Waals surface area contributed by atoms with E-state index in [-0.39, 0.29) is 10.3 Å². The van der Waals surface area contributed by atoms with Gasteiger partial charge in [-0.1, -0.05) is 17.7 Å². The van der Waals surface area contributed by atoms with Gasteiger partial charge in [0.05, 0.1) is 4.90 Å². The first-order valence-corrected chi connectivity index (χ1v) is 8.73. The number of hydrogen-bond acceptors (Lipinski definition) is 3. The molecule has 0 aromatic heterocycles. The van der Waals surface area contributed by atoms with Gasteiger partial charge in [-0.05, 0) is 24.8 Å². The van der Waals surface area contributed by atoms with Gasteiger partial charge in [0, 0.05) is 10.5 Å². The molecule has 16 heavy (non-hydrogen) atoms. The van der Waals surface area contributed by atoms with E-state index in [1.165, 1.54) is 5.75 Å². The molecule has 3 nitrogen and oxygen atoms in total. The minimum Gasteiger partial charge on any atom is -0.252 e. The van der Waals surface area contributed by atoms with Crippen LogP contribution in [0.5, 0.6) is 0 Å². The van der Waals surface area contributed by atoms with Crippen LogP contribution in [0.3, 0.4) is 0 Å². The van der Waals surface area contributed by atoms with E-state index in [1.54, 1.807) is 24.3 Å². The lowest BCUT2D eigenvalue weighted by Gasteiger charge is -2.07. The Bertz CT molecular complexity index is 578. The number of benzene rings is 1. The second-order valence-corrected chi connectivity index (χ2v) is 10.1. The maximum atomic E-state index is 11.9. The Hall–Kier alpha value is -0.520. The van der Waals surface area contributed by atoms with Crippen molar-refractivity contribution in [1.29, 1.82) is 0 Å². The van der Waals surface area contributed by atoms with Crippen LogP contribution in [0.4, 0.5) is 0 Å².